The van der Waals surface area contributed by atoms with E-state index in [1.165, 1.54) is 0 Å². The first-order chi connectivity index (χ1) is 13.5. The number of likely N-dealkylation sites (tertiary alicyclic amines) is 1. The maximum Gasteiger partial charge on any atom is 0.222 e. The number of carbonyl (C=O) groups excluding carboxylic acids is 1. The zero-order chi connectivity index (χ0) is 19.9. The lowest BCUT2D eigenvalue weighted by Crippen LogP contribution is -2.46. The number of aromatic hydroxyl groups is 1. The van der Waals surface area contributed by atoms with Crippen LogP contribution in [-0.2, 0) is 9.53 Å². The van der Waals surface area contributed by atoms with Gasteiger partial charge in [-0.1, -0.05) is 26.0 Å². The number of rotatable bonds is 7. The van der Waals surface area contributed by atoms with E-state index in [1.54, 1.807) is 18.4 Å². The Balaban J connectivity index is 1.40. The van der Waals surface area contributed by atoms with Gasteiger partial charge in [-0.3, -0.25) is 4.79 Å². The Morgan fingerprint density at radius 1 is 1.29 bits per heavy atom. The summed E-state index contributed by atoms with van der Waals surface area (Å²) in [7, 11) is 0. The van der Waals surface area contributed by atoms with Crippen LogP contribution < -0.4 is 5.32 Å². The van der Waals surface area contributed by atoms with E-state index in [0.717, 1.165) is 56.8 Å². The first-order valence-electron chi connectivity index (χ1n) is 10.1. The van der Waals surface area contributed by atoms with Crippen LogP contribution in [0.25, 0.3) is 5.76 Å². The molecule has 0 atom stereocenters. The van der Waals surface area contributed by atoms with E-state index in [9.17, 15) is 9.90 Å². The Morgan fingerprint density at radius 2 is 2.07 bits per heavy atom. The predicted molar refractivity (Wildman–Crippen MR) is 110 cm³/mol. The highest BCUT2D eigenvalue weighted by Crippen LogP contribution is 2.23. The third-order valence-electron chi connectivity index (χ3n) is 5.21. The quantitative estimate of drug-likeness (QED) is 0.755. The molecule has 6 nitrogen and oxygen atoms in total. The first-order valence-corrected chi connectivity index (χ1v) is 10.1. The second-order valence-electron chi connectivity index (χ2n) is 7.82. The van der Waals surface area contributed by atoms with Crippen molar-refractivity contribution in [3.63, 3.8) is 0 Å². The molecule has 2 aliphatic heterocycles. The fraction of sp³-hybridized carbons (Fsp3) is 0.500. The van der Waals surface area contributed by atoms with Crippen LogP contribution in [-0.4, -0.2) is 53.0 Å². The van der Waals surface area contributed by atoms with Crippen LogP contribution >= 0.6 is 0 Å². The molecule has 0 unspecified atom stereocenters. The van der Waals surface area contributed by atoms with Crippen LogP contribution in [0.4, 0.5) is 0 Å². The van der Waals surface area contributed by atoms with Crippen molar-refractivity contribution in [1.82, 2.24) is 15.1 Å². The molecule has 3 rings (SSSR count). The normalized spacial score (nSPS) is 18.1. The number of hydrogen-bond acceptors (Lipinski definition) is 5. The van der Waals surface area contributed by atoms with E-state index < -0.39 is 0 Å². The van der Waals surface area contributed by atoms with Crippen molar-refractivity contribution in [2.75, 3.05) is 26.2 Å². The minimum absolute atomic E-state index is 0.0532. The van der Waals surface area contributed by atoms with Gasteiger partial charge in [0.15, 0.2) is 0 Å². The fourth-order valence-corrected chi connectivity index (χ4v) is 3.49. The van der Waals surface area contributed by atoms with Crippen LogP contribution in [0.2, 0.25) is 0 Å². The van der Waals surface area contributed by atoms with E-state index in [0.29, 0.717) is 6.04 Å². The molecule has 0 radical (unpaired) electrons. The van der Waals surface area contributed by atoms with Crippen LogP contribution in [0.5, 0.6) is 5.75 Å². The van der Waals surface area contributed by atoms with Gasteiger partial charge in [0.1, 0.15) is 17.8 Å². The summed E-state index contributed by atoms with van der Waals surface area (Å²) >= 11 is 0. The van der Waals surface area contributed by atoms with Gasteiger partial charge < -0.3 is 25.0 Å². The van der Waals surface area contributed by atoms with Gasteiger partial charge in [-0.25, -0.2) is 0 Å². The molecule has 2 N–H and O–H groups in total. The monoisotopic (exact) mass is 385 g/mol. The number of nitrogens with zero attached hydrogens (tertiary/aromatic N) is 2. The maximum atomic E-state index is 11.8. The molecule has 152 valence electrons. The molecule has 1 aromatic rings. The molecule has 6 heteroatoms. The minimum atomic E-state index is 0.0532. The Hall–Kier alpha value is -2.47. The van der Waals surface area contributed by atoms with Crippen molar-refractivity contribution >= 4 is 11.7 Å². The molecule has 0 aliphatic carbocycles. The number of phenolic OH excluding ortho intramolecular Hbond substituents is 1. The minimum Gasteiger partial charge on any atom is -0.508 e. The third kappa shape index (κ3) is 5.76. The summed E-state index contributed by atoms with van der Waals surface area (Å²) in [4.78, 5) is 16.4. The van der Waals surface area contributed by atoms with Crippen LogP contribution in [0, 0.1) is 5.92 Å². The van der Waals surface area contributed by atoms with E-state index in [1.807, 2.05) is 38.4 Å². The number of phenols is 1. The summed E-state index contributed by atoms with van der Waals surface area (Å²) in [5.74, 6) is 1.18. The smallest absolute Gasteiger partial charge is 0.222 e. The summed E-state index contributed by atoms with van der Waals surface area (Å²) < 4.78 is 5.59. The molecule has 0 bridgehead atoms. The number of hydrogen-bond donors (Lipinski definition) is 2. The standard InChI is InChI=1S/C22H31N3O3/c1-17(2)22(27)23-19-7-11-24(12-8-19)9-4-10-25-13-14-28-21(16-25)18-5-3-6-20(26)15-18/h3,5-6,13-17,19,26H,4,7-12H2,1-2H3,(H,23,27). The zero-order valence-corrected chi connectivity index (χ0v) is 16.8. The number of nitrogens with one attached hydrogen (secondary N) is 1. The van der Waals surface area contributed by atoms with Gasteiger partial charge in [-0.2, -0.15) is 0 Å². The zero-order valence-electron chi connectivity index (χ0n) is 16.8. The lowest BCUT2D eigenvalue weighted by atomic mass is 10.0. The van der Waals surface area contributed by atoms with Crippen molar-refractivity contribution in [3.05, 3.63) is 48.5 Å². The van der Waals surface area contributed by atoms with E-state index >= 15 is 0 Å². The lowest BCUT2D eigenvalue weighted by molar-refractivity contribution is -0.125. The number of benzene rings is 1. The third-order valence-corrected chi connectivity index (χ3v) is 5.21. The highest BCUT2D eigenvalue weighted by atomic mass is 16.5. The maximum absolute atomic E-state index is 11.8. The van der Waals surface area contributed by atoms with Gasteiger partial charge in [-0.15, -0.1) is 0 Å². The lowest BCUT2D eigenvalue weighted by Gasteiger charge is -2.33. The SMILES string of the molecule is CC(C)C(=O)NC1CCN(CCCN2C=COC(c3cccc(O)c3)=C2)CC1. The molecule has 0 saturated carbocycles. The Labute approximate surface area is 167 Å². The number of amides is 1. The summed E-state index contributed by atoms with van der Waals surface area (Å²) in [6, 6.07) is 7.40. The molecule has 1 fully saturated rings. The van der Waals surface area contributed by atoms with Crippen molar-refractivity contribution in [2.45, 2.75) is 39.2 Å². The molecule has 0 aromatic heterocycles. The van der Waals surface area contributed by atoms with E-state index in [2.05, 4.69) is 15.1 Å². The molecule has 1 saturated heterocycles. The van der Waals surface area contributed by atoms with Crippen LogP contribution in [0.3, 0.4) is 0 Å². The number of carbonyl (C=O) groups is 1. The van der Waals surface area contributed by atoms with Crippen molar-refractivity contribution < 1.29 is 14.6 Å². The van der Waals surface area contributed by atoms with Crippen molar-refractivity contribution in [3.8, 4) is 5.75 Å². The Bertz CT molecular complexity index is 721. The Kier molecular flexibility index (Phi) is 6.98. The van der Waals surface area contributed by atoms with Gasteiger partial charge in [0.2, 0.25) is 5.91 Å². The van der Waals surface area contributed by atoms with Crippen molar-refractivity contribution in [2.24, 2.45) is 5.92 Å². The molecular formula is C22H31N3O3. The summed E-state index contributed by atoms with van der Waals surface area (Å²) in [5.41, 5.74) is 0.861. The second-order valence-corrected chi connectivity index (χ2v) is 7.82. The Morgan fingerprint density at radius 3 is 2.79 bits per heavy atom. The predicted octanol–water partition coefficient (Wildman–Crippen LogP) is 3.12. The molecule has 1 amide bonds. The van der Waals surface area contributed by atoms with Gasteiger partial charge in [0, 0.05) is 49.6 Å². The van der Waals surface area contributed by atoms with Gasteiger partial charge >= 0.3 is 0 Å². The fourth-order valence-electron chi connectivity index (χ4n) is 3.49. The largest absolute Gasteiger partial charge is 0.508 e. The summed E-state index contributed by atoms with van der Waals surface area (Å²) in [6.45, 7) is 7.89. The van der Waals surface area contributed by atoms with Gasteiger partial charge in [0.25, 0.3) is 0 Å². The number of piperidine rings is 1. The molecule has 2 heterocycles. The second kappa shape index (κ2) is 9.64. The molecule has 2 aliphatic rings. The first kappa shape index (κ1) is 20.3. The molecular weight excluding hydrogens is 354 g/mol. The molecule has 0 spiro atoms. The molecule has 28 heavy (non-hydrogen) atoms. The van der Waals surface area contributed by atoms with E-state index in [4.69, 9.17) is 4.74 Å². The topological polar surface area (TPSA) is 65.0 Å². The average molecular weight is 386 g/mol. The van der Waals surface area contributed by atoms with Gasteiger partial charge in [-0.05, 0) is 37.9 Å². The van der Waals surface area contributed by atoms with Gasteiger partial charge in [0.05, 0.1) is 0 Å². The summed E-state index contributed by atoms with van der Waals surface area (Å²) in [5, 5.41) is 12.8. The number of ether oxygens (including phenoxy) is 1. The van der Waals surface area contributed by atoms with Crippen LogP contribution in [0.1, 0.15) is 38.7 Å². The van der Waals surface area contributed by atoms with Crippen LogP contribution in [0.15, 0.2) is 42.9 Å². The highest BCUT2D eigenvalue weighted by Gasteiger charge is 2.21. The van der Waals surface area contributed by atoms with Crippen molar-refractivity contribution in [1.29, 1.82) is 0 Å². The van der Waals surface area contributed by atoms with E-state index in [-0.39, 0.29) is 17.6 Å². The summed E-state index contributed by atoms with van der Waals surface area (Å²) in [6.07, 6.45) is 8.69. The highest BCUT2D eigenvalue weighted by molar-refractivity contribution is 5.78. The molecule has 1 aromatic carbocycles. The average Bonchev–Trinajstić information content (AvgIpc) is 2.69.